The average molecular weight is 348 g/mol. The van der Waals surface area contributed by atoms with Gasteiger partial charge in [-0.2, -0.15) is 0 Å². The summed E-state index contributed by atoms with van der Waals surface area (Å²) in [7, 11) is 0. The molecule has 0 unspecified atom stereocenters. The number of benzene rings is 1. The lowest BCUT2D eigenvalue weighted by atomic mass is 10.2. The van der Waals surface area contributed by atoms with Gasteiger partial charge in [0.25, 0.3) is 5.91 Å². The molecule has 0 saturated heterocycles. The topological polar surface area (TPSA) is 54.5 Å². The number of aromatic nitrogens is 1. The summed E-state index contributed by atoms with van der Waals surface area (Å²) in [5.74, 6) is 0.325. The third-order valence-electron chi connectivity index (χ3n) is 3.70. The van der Waals surface area contributed by atoms with Crippen LogP contribution in [0.15, 0.2) is 42.6 Å². The van der Waals surface area contributed by atoms with Gasteiger partial charge >= 0.3 is 0 Å². The number of nitrogens with zero attached hydrogens (tertiary/aromatic N) is 2. The summed E-state index contributed by atoms with van der Waals surface area (Å²) in [5, 5.41) is 3.01. The molecule has 1 amide bonds. The first-order valence-corrected chi connectivity index (χ1v) is 8.39. The molecule has 0 bridgehead atoms. The Morgan fingerprint density at radius 2 is 1.96 bits per heavy atom. The Bertz CT molecular complexity index is 675. The molecule has 0 aliphatic rings. The summed E-state index contributed by atoms with van der Waals surface area (Å²) in [6.45, 7) is 7.60. The SMILES string of the molecule is CCN(CC)CCOc1ccccc1NC(=O)c1cccnc1Cl. The van der Waals surface area contributed by atoms with Gasteiger partial charge in [-0.1, -0.05) is 37.6 Å². The third-order valence-corrected chi connectivity index (χ3v) is 4.00. The minimum absolute atomic E-state index is 0.176. The van der Waals surface area contributed by atoms with Gasteiger partial charge in [-0.05, 0) is 37.4 Å². The van der Waals surface area contributed by atoms with Crippen LogP contribution >= 0.6 is 11.6 Å². The van der Waals surface area contributed by atoms with Gasteiger partial charge in [-0.15, -0.1) is 0 Å². The maximum atomic E-state index is 12.4. The molecule has 0 aliphatic carbocycles. The van der Waals surface area contributed by atoms with Crippen molar-refractivity contribution in [3.05, 3.63) is 53.3 Å². The molecule has 0 spiro atoms. The third kappa shape index (κ3) is 4.94. The average Bonchev–Trinajstić information content (AvgIpc) is 2.60. The van der Waals surface area contributed by atoms with Crippen molar-refractivity contribution >= 4 is 23.2 Å². The number of halogens is 1. The zero-order valence-corrected chi connectivity index (χ0v) is 14.7. The van der Waals surface area contributed by atoms with Crippen molar-refractivity contribution in [1.29, 1.82) is 0 Å². The molecule has 2 aromatic rings. The number of carbonyl (C=O) groups is 1. The van der Waals surface area contributed by atoms with Crippen LogP contribution < -0.4 is 10.1 Å². The molecular weight excluding hydrogens is 326 g/mol. The van der Waals surface area contributed by atoms with E-state index in [0.717, 1.165) is 19.6 Å². The molecule has 6 heteroatoms. The number of amides is 1. The molecule has 0 saturated carbocycles. The molecular formula is C18H22ClN3O2. The minimum Gasteiger partial charge on any atom is -0.490 e. The number of anilines is 1. The quantitative estimate of drug-likeness (QED) is 0.740. The number of nitrogens with one attached hydrogen (secondary N) is 1. The Kier molecular flexibility index (Phi) is 7.03. The highest BCUT2D eigenvalue weighted by Crippen LogP contribution is 2.25. The molecule has 1 heterocycles. The Morgan fingerprint density at radius 1 is 1.21 bits per heavy atom. The fourth-order valence-corrected chi connectivity index (χ4v) is 2.47. The van der Waals surface area contributed by atoms with Crippen molar-refractivity contribution in [3.63, 3.8) is 0 Å². The van der Waals surface area contributed by atoms with Gasteiger partial charge in [0.05, 0.1) is 11.3 Å². The van der Waals surface area contributed by atoms with E-state index in [1.807, 2.05) is 18.2 Å². The molecule has 0 fully saturated rings. The van der Waals surface area contributed by atoms with Crippen LogP contribution in [0.25, 0.3) is 0 Å². The molecule has 1 N–H and O–H groups in total. The molecule has 0 aliphatic heterocycles. The van der Waals surface area contributed by atoms with E-state index in [4.69, 9.17) is 16.3 Å². The van der Waals surface area contributed by atoms with E-state index < -0.39 is 0 Å². The van der Waals surface area contributed by atoms with E-state index in [9.17, 15) is 4.79 Å². The highest BCUT2D eigenvalue weighted by molar-refractivity contribution is 6.33. The van der Waals surface area contributed by atoms with Gasteiger partial charge in [0.15, 0.2) is 0 Å². The normalized spacial score (nSPS) is 10.7. The van der Waals surface area contributed by atoms with Crippen LogP contribution in [0.1, 0.15) is 24.2 Å². The van der Waals surface area contributed by atoms with Crippen LogP contribution in [0.2, 0.25) is 5.15 Å². The summed E-state index contributed by atoms with van der Waals surface area (Å²) in [4.78, 5) is 18.6. The second-order valence-corrected chi connectivity index (χ2v) is 5.53. The molecule has 24 heavy (non-hydrogen) atoms. The lowest BCUT2D eigenvalue weighted by molar-refractivity contribution is 0.102. The van der Waals surface area contributed by atoms with Gasteiger partial charge in [-0.25, -0.2) is 4.98 Å². The number of ether oxygens (including phenoxy) is 1. The molecule has 5 nitrogen and oxygen atoms in total. The van der Waals surface area contributed by atoms with E-state index in [1.165, 1.54) is 0 Å². The second kappa shape index (κ2) is 9.25. The number of para-hydroxylation sites is 2. The van der Waals surface area contributed by atoms with Crippen LogP contribution in [0.3, 0.4) is 0 Å². The number of likely N-dealkylation sites (N-methyl/N-ethyl adjacent to an activating group) is 1. The second-order valence-electron chi connectivity index (χ2n) is 5.17. The Labute approximate surface area is 147 Å². The fourth-order valence-electron chi connectivity index (χ4n) is 2.27. The number of carbonyl (C=O) groups excluding carboxylic acids is 1. The van der Waals surface area contributed by atoms with Crippen LogP contribution in [0.5, 0.6) is 5.75 Å². The van der Waals surface area contributed by atoms with Gasteiger partial charge in [0.1, 0.15) is 17.5 Å². The smallest absolute Gasteiger partial charge is 0.258 e. The van der Waals surface area contributed by atoms with Crippen molar-refractivity contribution < 1.29 is 9.53 Å². The van der Waals surface area contributed by atoms with E-state index >= 15 is 0 Å². The van der Waals surface area contributed by atoms with Crippen molar-refractivity contribution in [2.75, 3.05) is 31.6 Å². The summed E-state index contributed by atoms with van der Waals surface area (Å²) >= 11 is 5.97. The van der Waals surface area contributed by atoms with Gasteiger partial charge in [-0.3, -0.25) is 4.79 Å². The van der Waals surface area contributed by atoms with E-state index in [2.05, 4.69) is 29.0 Å². The molecule has 128 valence electrons. The Balaban J connectivity index is 2.03. The molecule has 2 rings (SSSR count). The summed E-state index contributed by atoms with van der Waals surface area (Å²) < 4.78 is 5.83. The van der Waals surface area contributed by atoms with Gasteiger partial charge < -0.3 is 15.0 Å². The van der Waals surface area contributed by atoms with Crippen LogP contribution in [0.4, 0.5) is 5.69 Å². The summed E-state index contributed by atoms with van der Waals surface area (Å²) in [6.07, 6.45) is 1.55. The molecule has 1 aromatic carbocycles. The standard InChI is InChI=1S/C18H22ClN3O2/c1-3-22(4-2)12-13-24-16-10-6-5-9-15(16)21-18(23)14-8-7-11-20-17(14)19/h5-11H,3-4,12-13H2,1-2H3,(H,21,23). The first-order valence-electron chi connectivity index (χ1n) is 8.01. The van der Waals surface area contributed by atoms with E-state index in [0.29, 0.717) is 23.6 Å². The van der Waals surface area contributed by atoms with Crippen molar-refractivity contribution in [2.24, 2.45) is 0 Å². The minimum atomic E-state index is -0.312. The van der Waals surface area contributed by atoms with E-state index in [-0.39, 0.29) is 11.1 Å². The zero-order valence-electron chi connectivity index (χ0n) is 14.0. The highest BCUT2D eigenvalue weighted by Gasteiger charge is 2.13. The molecule has 1 aromatic heterocycles. The van der Waals surface area contributed by atoms with Crippen molar-refractivity contribution in [3.8, 4) is 5.75 Å². The maximum Gasteiger partial charge on any atom is 0.258 e. The van der Waals surface area contributed by atoms with Crippen LogP contribution in [0, 0.1) is 0 Å². The lowest BCUT2D eigenvalue weighted by Gasteiger charge is -2.19. The van der Waals surface area contributed by atoms with Crippen molar-refractivity contribution in [2.45, 2.75) is 13.8 Å². The van der Waals surface area contributed by atoms with Gasteiger partial charge in [0.2, 0.25) is 0 Å². The summed E-state index contributed by atoms with van der Waals surface area (Å²) in [5.41, 5.74) is 0.944. The zero-order chi connectivity index (χ0) is 17.4. The van der Waals surface area contributed by atoms with Crippen molar-refractivity contribution in [1.82, 2.24) is 9.88 Å². The van der Waals surface area contributed by atoms with Crippen LogP contribution in [-0.2, 0) is 0 Å². The number of pyridine rings is 1. The monoisotopic (exact) mass is 347 g/mol. The number of hydrogen-bond donors (Lipinski definition) is 1. The number of hydrogen-bond acceptors (Lipinski definition) is 4. The van der Waals surface area contributed by atoms with E-state index in [1.54, 1.807) is 24.4 Å². The fraction of sp³-hybridized carbons (Fsp3) is 0.333. The number of rotatable bonds is 8. The lowest BCUT2D eigenvalue weighted by Crippen LogP contribution is -2.28. The largest absolute Gasteiger partial charge is 0.490 e. The van der Waals surface area contributed by atoms with Crippen LogP contribution in [-0.4, -0.2) is 42.0 Å². The Morgan fingerprint density at radius 3 is 2.67 bits per heavy atom. The highest BCUT2D eigenvalue weighted by atomic mass is 35.5. The maximum absolute atomic E-state index is 12.4. The predicted octanol–water partition coefficient (Wildman–Crippen LogP) is 3.71. The first kappa shape index (κ1) is 18.2. The van der Waals surface area contributed by atoms with Gasteiger partial charge in [0, 0.05) is 12.7 Å². The predicted molar refractivity (Wildman–Crippen MR) is 96.9 cm³/mol. The molecule has 0 radical (unpaired) electrons. The summed E-state index contributed by atoms with van der Waals surface area (Å²) in [6, 6.07) is 10.7. The Hall–Kier alpha value is -2.11. The molecule has 0 atom stereocenters. The first-order chi connectivity index (χ1) is 11.7.